The maximum absolute atomic E-state index is 6.54. The molecule has 3 nitrogen and oxygen atoms in total. The largest absolute Gasteiger partial charge is 0.493 e. The molecule has 0 aliphatic rings. The molecule has 0 radical (unpaired) electrons. The van der Waals surface area contributed by atoms with Gasteiger partial charge in [-0.3, -0.25) is 0 Å². The summed E-state index contributed by atoms with van der Waals surface area (Å²) in [5.74, 6) is 1.17. The monoisotopic (exact) mass is 443 g/mol. The highest BCUT2D eigenvalue weighted by atomic mass is 35.5. The van der Waals surface area contributed by atoms with Crippen molar-refractivity contribution >= 4 is 23.2 Å². The average Bonchev–Trinajstić information content (AvgIpc) is 2.77. The van der Waals surface area contributed by atoms with E-state index in [1.807, 2.05) is 42.5 Å². The van der Waals surface area contributed by atoms with E-state index in [1.54, 1.807) is 7.11 Å². The van der Waals surface area contributed by atoms with E-state index in [1.165, 1.54) is 5.56 Å². The molecule has 30 heavy (non-hydrogen) atoms. The van der Waals surface area contributed by atoms with Crippen LogP contribution in [0.4, 0.5) is 0 Å². The lowest BCUT2D eigenvalue weighted by Crippen LogP contribution is -2.20. The van der Waals surface area contributed by atoms with Gasteiger partial charge in [0.25, 0.3) is 0 Å². The summed E-state index contributed by atoms with van der Waals surface area (Å²) in [6, 6.07) is 22.3. The van der Waals surface area contributed by atoms with Gasteiger partial charge in [0.05, 0.1) is 12.1 Å². The second kappa shape index (κ2) is 11.3. The third-order valence-electron chi connectivity index (χ3n) is 4.92. The molecule has 3 rings (SSSR count). The van der Waals surface area contributed by atoms with Crippen molar-refractivity contribution in [1.82, 2.24) is 5.32 Å². The fourth-order valence-electron chi connectivity index (χ4n) is 3.35. The molecule has 3 aromatic rings. The Balaban J connectivity index is 1.70. The van der Waals surface area contributed by atoms with Crippen LogP contribution in [0.2, 0.25) is 10.0 Å². The molecule has 5 heteroatoms. The van der Waals surface area contributed by atoms with E-state index >= 15 is 0 Å². The van der Waals surface area contributed by atoms with Crippen molar-refractivity contribution in [2.45, 2.75) is 39.0 Å². The molecule has 0 fully saturated rings. The van der Waals surface area contributed by atoms with E-state index in [2.05, 4.69) is 36.5 Å². The molecule has 0 heterocycles. The molecule has 0 saturated carbocycles. The van der Waals surface area contributed by atoms with Gasteiger partial charge in [-0.25, -0.2) is 0 Å². The zero-order chi connectivity index (χ0) is 21.3. The lowest BCUT2D eigenvalue weighted by molar-refractivity contribution is 0.284. The quantitative estimate of drug-likeness (QED) is 0.358. The average molecular weight is 444 g/mol. The standard InChI is InChI=1S/C25H27Cl2NO2/c1-3-7-23(20-8-5-4-6-9-20)28-16-19-14-22(27)25(24(15-19)29-2)30-17-18-10-12-21(26)13-11-18/h4-6,8-15,23,28H,3,7,16-17H2,1-2H3. The summed E-state index contributed by atoms with van der Waals surface area (Å²) in [5.41, 5.74) is 3.35. The zero-order valence-electron chi connectivity index (χ0n) is 17.3. The van der Waals surface area contributed by atoms with E-state index in [-0.39, 0.29) is 0 Å². The summed E-state index contributed by atoms with van der Waals surface area (Å²) in [6.45, 7) is 3.27. The molecule has 3 aromatic carbocycles. The smallest absolute Gasteiger partial charge is 0.180 e. The van der Waals surface area contributed by atoms with Crippen molar-refractivity contribution in [3.63, 3.8) is 0 Å². The third kappa shape index (κ3) is 6.15. The van der Waals surface area contributed by atoms with Gasteiger partial charge in [-0.2, -0.15) is 0 Å². The Morgan fingerprint density at radius 3 is 2.33 bits per heavy atom. The molecule has 0 aromatic heterocycles. The first-order valence-corrected chi connectivity index (χ1v) is 10.9. The van der Waals surface area contributed by atoms with Crippen LogP contribution < -0.4 is 14.8 Å². The first-order valence-electron chi connectivity index (χ1n) is 10.1. The lowest BCUT2D eigenvalue weighted by atomic mass is 10.0. The van der Waals surface area contributed by atoms with Gasteiger partial charge in [-0.15, -0.1) is 0 Å². The number of nitrogens with one attached hydrogen (secondary N) is 1. The highest BCUT2D eigenvalue weighted by Crippen LogP contribution is 2.37. The van der Waals surface area contributed by atoms with Gasteiger partial charge in [0, 0.05) is 17.6 Å². The molecule has 1 N–H and O–H groups in total. The van der Waals surface area contributed by atoms with Crippen LogP contribution in [-0.2, 0) is 13.2 Å². The fourth-order valence-corrected chi connectivity index (χ4v) is 3.77. The van der Waals surface area contributed by atoms with Crippen LogP contribution >= 0.6 is 23.2 Å². The maximum atomic E-state index is 6.54. The summed E-state index contributed by atoms with van der Waals surface area (Å²) in [4.78, 5) is 0. The highest BCUT2D eigenvalue weighted by Gasteiger charge is 2.14. The van der Waals surface area contributed by atoms with Crippen molar-refractivity contribution in [3.8, 4) is 11.5 Å². The van der Waals surface area contributed by atoms with Gasteiger partial charge in [0.1, 0.15) is 6.61 Å². The van der Waals surface area contributed by atoms with Crippen molar-refractivity contribution in [3.05, 3.63) is 93.5 Å². The first kappa shape index (κ1) is 22.5. The van der Waals surface area contributed by atoms with E-state index in [9.17, 15) is 0 Å². The molecule has 0 spiro atoms. The summed E-state index contributed by atoms with van der Waals surface area (Å²) < 4.78 is 11.5. The number of methoxy groups -OCH3 is 1. The van der Waals surface area contributed by atoms with Crippen molar-refractivity contribution < 1.29 is 9.47 Å². The van der Waals surface area contributed by atoms with Gasteiger partial charge in [-0.05, 0) is 47.4 Å². The molecular weight excluding hydrogens is 417 g/mol. The van der Waals surface area contributed by atoms with Gasteiger partial charge in [0.2, 0.25) is 0 Å². The number of ether oxygens (including phenoxy) is 2. The van der Waals surface area contributed by atoms with Crippen molar-refractivity contribution in [2.24, 2.45) is 0 Å². The molecule has 1 unspecified atom stereocenters. The van der Waals surface area contributed by atoms with Gasteiger partial charge in [0.15, 0.2) is 11.5 Å². The number of rotatable bonds is 10. The topological polar surface area (TPSA) is 30.5 Å². The predicted molar refractivity (Wildman–Crippen MR) is 125 cm³/mol. The summed E-state index contributed by atoms with van der Waals surface area (Å²) in [6.07, 6.45) is 2.17. The van der Waals surface area contributed by atoms with E-state index in [0.29, 0.717) is 40.7 Å². The van der Waals surface area contributed by atoms with E-state index in [0.717, 1.165) is 24.0 Å². The Morgan fingerprint density at radius 1 is 0.933 bits per heavy atom. The number of halogens is 2. The van der Waals surface area contributed by atoms with E-state index < -0.39 is 0 Å². The van der Waals surface area contributed by atoms with Gasteiger partial charge < -0.3 is 14.8 Å². The molecule has 1 atom stereocenters. The number of benzene rings is 3. The molecule has 0 amide bonds. The van der Waals surface area contributed by atoms with Gasteiger partial charge >= 0.3 is 0 Å². The predicted octanol–water partition coefficient (Wildman–Crippen LogP) is 7.21. The Bertz CT molecular complexity index is 930. The highest BCUT2D eigenvalue weighted by molar-refractivity contribution is 6.32. The minimum Gasteiger partial charge on any atom is -0.493 e. The van der Waals surface area contributed by atoms with Crippen LogP contribution in [0.15, 0.2) is 66.7 Å². The second-order valence-corrected chi connectivity index (χ2v) is 8.00. The van der Waals surface area contributed by atoms with Crippen LogP contribution in [0.3, 0.4) is 0 Å². The van der Waals surface area contributed by atoms with Crippen molar-refractivity contribution in [2.75, 3.05) is 7.11 Å². The third-order valence-corrected chi connectivity index (χ3v) is 5.45. The summed E-state index contributed by atoms with van der Waals surface area (Å²) in [5, 5.41) is 4.88. The van der Waals surface area contributed by atoms with Crippen LogP contribution in [-0.4, -0.2) is 7.11 Å². The molecule has 158 valence electrons. The minimum atomic E-state index is 0.293. The van der Waals surface area contributed by atoms with Crippen LogP contribution in [0.25, 0.3) is 0 Å². The summed E-state index contributed by atoms with van der Waals surface area (Å²) in [7, 11) is 1.63. The van der Waals surface area contributed by atoms with Gasteiger partial charge in [-0.1, -0.05) is 79.0 Å². The number of hydrogen-bond acceptors (Lipinski definition) is 3. The Labute approximate surface area is 188 Å². The fraction of sp³-hybridized carbons (Fsp3) is 0.280. The maximum Gasteiger partial charge on any atom is 0.180 e. The Kier molecular flexibility index (Phi) is 8.44. The first-order chi connectivity index (χ1) is 14.6. The second-order valence-electron chi connectivity index (χ2n) is 7.16. The normalized spacial score (nSPS) is 11.9. The Morgan fingerprint density at radius 2 is 1.67 bits per heavy atom. The SMILES string of the molecule is CCCC(NCc1cc(Cl)c(OCc2ccc(Cl)cc2)c(OC)c1)c1ccccc1. The lowest BCUT2D eigenvalue weighted by Gasteiger charge is -2.20. The molecule has 0 aliphatic carbocycles. The summed E-state index contributed by atoms with van der Waals surface area (Å²) >= 11 is 12.5. The van der Waals surface area contributed by atoms with Crippen LogP contribution in [0.5, 0.6) is 11.5 Å². The molecular formula is C25H27Cl2NO2. The molecule has 0 bridgehead atoms. The van der Waals surface area contributed by atoms with E-state index in [4.69, 9.17) is 32.7 Å². The molecule has 0 saturated heterocycles. The van der Waals surface area contributed by atoms with Crippen molar-refractivity contribution in [1.29, 1.82) is 0 Å². The minimum absolute atomic E-state index is 0.293. The number of hydrogen-bond donors (Lipinski definition) is 1. The van der Waals surface area contributed by atoms with Crippen LogP contribution in [0.1, 0.15) is 42.5 Å². The van der Waals surface area contributed by atoms with Crippen LogP contribution in [0, 0.1) is 0 Å². The Hall–Kier alpha value is -2.20. The zero-order valence-corrected chi connectivity index (χ0v) is 18.8. The molecule has 0 aliphatic heterocycles.